The van der Waals surface area contributed by atoms with Crippen molar-refractivity contribution in [1.82, 2.24) is 4.90 Å². The van der Waals surface area contributed by atoms with Gasteiger partial charge in [-0.15, -0.1) is 0 Å². The topological polar surface area (TPSA) is 43.7 Å². The first-order valence-corrected chi connectivity index (χ1v) is 7.04. The fourth-order valence-electron chi connectivity index (χ4n) is 2.93. The summed E-state index contributed by atoms with van der Waals surface area (Å²) in [7, 11) is 0. The lowest BCUT2D eigenvalue weighted by atomic mass is 9.96. The smallest absolute Gasteiger partial charge is 0.131 e. The van der Waals surface area contributed by atoms with Gasteiger partial charge >= 0.3 is 0 Å². The van der Waals surface area contributed by atoms with Crippen molar-refractivity contribution >= 4 is 0 Å². The lowest BCUT2D eigenvalue weighted by Crippen LogP contribution is -2.47. The van der Waals surface area contributed by atoms with E-state index in [9.17, 15) is 19.0 Å². The minimum atomic E-state index is -1.23. The number of piperidine rings is 1. The molecule has 112 valence electrons. The van der Waals surface area contributed by atoms with Crippen LogP contribution in [0.4, 0.5) is 8.78 Å². The summed E-state index contributed by atoms with van der Waals surface area (Å²) in [5.41, 5.74) is -0.289. The second-order valence-electron chi connectivity index (χ2n) is 5.45. The number of aliphatic hydroxyl groups excluding tert-OH is 2. The molecular weight excluding hydrogens is 264 g/mol. The molecule has 2 rings (SSSR count). The van der Waals surface area contributed by atoms with Crippen LogP contribution in [0.25, 0.3) is 0 Å². The molecule has 0 amide bonds. The molecule has 1 aliphatic heterocycles. The number of halogens is 2. The fraction of sp³-hybridized carbons (Fsp3) is 0.600. The van der Waals surface area contributed by atoms with Gasteiger partial charge in [0.25, 0.3) is 0 Å². The van der Waals surface area contributed by atoms with Crippen molar-refractivity contribution in [2.24, 2.45) is 0 Å². The summed E-state index contributed by atoms with van der Waals surface area (Å²) in [6, 6.07) is 3.50. The Hall–Kier alpha value is -1.04. The van der Waals surface area contributed by atoms with E-state index in [4.69, 9.17) is 0 Å². The van der Waals surface area contributed by atoms with Crippen molar-refractivity contribution in [3.8, 4) is 0 Å². The maximum atomic E-state index is 13.6. The van der Waals surface area contributed by atoms with E-state index in [-0.39, 0.29) is 18.2 Å². The summed E-state index contributed by atoms with van der Waals surface area (Å²) >= 11 is 0. The predicted octanol–water partition coefficient (Wildman–Crippen LogP) is 2.23. The number of nitrogens with zero attached hydrogens (tertiary/aromatic N) is 1. The third-order valence-corrected chi connectivity index (χ3v) is 3.96. The van der Waals surface area contributed by atoms with Crippen molar-refractivity contribution in [3.63, 3.8) is 0 Å². The first-order chi connectivity index (χ1) is 9.50. The third kappa shape index (κ3) is 3.34. The molecule has 5 heteroatoms. The zero-order valence-corrected chi connectivity index (χ0v) is 11.6. The maximum Gasteiger partial charge on any atom is 0.131 e. The first-order valence-electron chi connectivity index (χ1n) is 7.04. The van der Waals surface area contributed by atoms with Gasteiger partial charge in [-0.25, -0.2) is 8.78 Å². The van der Waals surface area contributed by atoms with Crippen LogP contribution in [-0.2, 0) is 0 Å². The van der Waals surface area contributed by atoms with Crippen LogP contribution < -0.4 is 0 Å². The molecule has 0 unspecified atom stereocenters. The largest absolute Gasteiger partial charge is 0.392 e. The molecule has 3 nitrogen and oxygen atoms in total. The van der Waals surface area contributed by atoms with Gasteiger partial charge in [0.2, 0.25) is 0 Å². The molecular formula is C15H21F2NO2. The Morgan fingerprint density at radius 2 is 1.90 bits per heavy atom. The number of benzene rings is 1. The second kappa shape index (κ2) is 6.61. The van der Waals surface area contributed by atoms with Crippen LogP contribution in [0.2, 0.25) is 0 Å². The summed E-state index contributed by atoms with van der Waals surface area (Å²) in [5.74, 6) is -1.47. The van der Waals surface area contributed by atoms with E-state index < -0.39 is 23.8 Å². The summed E-state index contributed by atoms with van der Waals surface area (Å²) < 4.78 is 27.3. The molecule has 1 aromatic rings. The van der Waals surface area contributed by atoms with Crippen LogP contribution in [0.1, 0.15) is 37.9 Å². The van der Waals surface area contributed by atoms with Gasteiger partial charge < -0.3 is 10.2 Å². The highest BCUT2D eigenvalue weighted by atomic mass is 19.1. The molecule has 1 saturated heterocycles. The van der Waals surface area contributed by atoms with Crippen molar-refractivity contribution in [1.29, 1.82) is 0 Å². The Balaban J connectivity index is 2.12. The van der Waals surface area contributed by atoms with E-state index >= 15 is 0 Å². The first kappa shape index (κ1) is 15.4. The zero-order valence-electron chi connectivity index (χ0n) is 11.6. The van der Waals surface area contributed by atoms with Gasteiger partial charge in [0, 0.05) is 12.6 Å². The van der Waals surface area contributed by atoms with Gasteiger partial charge in [0.1, 0.15) is 11.6 Å². The molecule has 0 aliphatic carbocycles. The molecule has 1 fully saturated rings. The number of likely N-dealkylation sites (tertiary alicyclic amines) is 1. The summed E-state index contributed by atoms with van der Waals surface area (Å²) in [6.07, 6.45) is 1.08. The molecule has 0 bridgehead atoms. The summed E-state index contributed by atoms with van der Waals surface area (Å²) in [5, 5.41) is 19.9. The summed E-state index contributed by atoms with van der Waals surface area (Å²) in [6.45, 7) is 2.56. The molecule has 0 aromatic heterocycles. The van der Waals surface area contributed by atoms with Gasteiger partial charge in [-0.05, 0) is 38.4 Å². The Kier molecular flexibility index (Phi) is 5.07. The van der Waals surface area contributed by atoms with Crippen LogP contribution >= 0.6 is 0 Å². The number of β-amino-alcohol motifs (C(OH)–C–C–N with tert-alkyl or cyclic N) is 1. The molecule has 2 N–H and O–H groups in total. The maximum absolute atomic E-state index is 13.6. The standard InChI is InChI=1S/C15H21F2NO2/c1-10(19)13-7-2-3-8-18(13)9-14(20)15-11(16)5-4-6-12(15)17/h4-6,10,13-14,19-20H,2-3,7-9H2,1H3/t10-,13-,14+/m0/s1. The van der Waals surface area contributed by atoms with Gasteiger partial charge in [0.05, 0.1) is 17.8 Å². The van der Waals surface area contributed by atoms with Gasteiger partial charge in [0.15, 0.2) is 0 Å². The molecule has 20 heavy (non-hydrogen) atoms. The van der Waals surface area contributed by atoms with E-state index in [2.05, 4.69) is 0 Å². The highest BCUT2D eigenvalue weighted by Crippen LogP contribution is 2.26. The number of aliphatic hydroxyl groups is 2. The highest BCUT2D eigenvalue weighted by Gasteiger charge is 2.29. The summed E-state index contributed by atoms with van der Waals surface area (Å²) in [4.78, 5) is 1.92. The van der Waals surface area contributed by atoms with Crippen LogP contribution in [0.3, 0.4) is 0 Å². The normalized spacial score (nSPS) is 23.6. The van der Waals surface area contributed by atoms with E-state index in [0.717, 1.165) is 37.9 Å². The SMILES string of the molecule is C[C@H](O)[C@@H]1CCCCN1C[C@@H](O)c1c(F)cccc1F. The molecule has 1 aliphatic rings. The quantitative estimate of drug-likeness (QED) is 0.891. The lowest BCUT2D eigenvalue weighted by molar-refractivity contribution is 0.00618. The van der Waals surface area contributed by atoms with E-state index in [1.165, 1.54) is 6.07 Å². The van der Waals surface area contributed by atoms with Crippen molar-refractivity contribution in [2.75, 3.05) is 13.1 Å². The number of hydrogen-bond acceptors (Lipinski definition) is 3. The Bertz CT molecular complexity index is 433. The fourth-order valence-corrected chi connectivity index (χ4v) is 2.93. The molecule has 3 atom stereocenters. The average Bonchev–Trinajstić information content (AvgIpc) is 2.38. The van der Waals surface area contributed by atoms with E-state index in [0.29, 0.717) is 0 Å². The number of rotatable bonds is 4. The predicted molar refractivity (Wildman–Crippen MR) is 72.2 cm³/mol. The Morgan fingerprint density at radius 1 is 1.25 bits per heavy atom. The average molecular weight is 285 g/mol. The lowest BCUT2D eigenvalue weighted by Gasteiger charge is -2.38. The van der Waals surface area contributed by atoms with E-state index in [1.54, 1.807) is 6.92 Å². The monoisotopic (exact) mass is 285 g/mol. The van der Waals surface area contributed by atoms with Gasteiger partial charge in [-0.3, -0.25) is 4.90 Å². The minimum Gasteiger partial charge on any atom is -0.392 e. The van der Waals surface area contributed by atoms with Crippen LogP contribution in [0.5, 0.6) is 0 Å². The Labute approximate surface area is 117 Å². The molecule has 1 aromatic carbocycles. The number of hydrogen-bond donors (Lipinski definition) is 2. The third-order valence-electron chi connectivity index (χ3n) is 3.96. The molecule has 0 radical (unpaired) electrons. The van der Waals surface area contributed by atoms with Gasteiger partial charge in [-0.1, -0.05) is 12.5 Å². The van der Waals surface area contributed by atoms with Gasteiger partial charge in [-0.2, -0.15) is 0 Å². The van der Waals surface area contributed by atoms with Crippen molar-refractivity contribution in [3.05, 3.63) is 35.4 Å². The van der Waals surface area contributed by atoms with Crippen LogP contribution in [0.15, 0.2) is 18.2 Å². The molecule has 1 heterocycles. The highest BCUT2D eigenvalue weighted by molar-refractivity contribution is 5.22. The van der Waals surface area contributed by atoms with E-state index in [1.807, 2.05) is 4.90 Å². The van der Waals surface area contributed by atoms with Crippen molar-refractivity contribution in [2.45, 2.75) is 44.4 Å². The molecule has 0 saturated carbocycles. The van der Waals surface area contributed by atoms with Crippen LogP contribution in [0, 0.1) is 11.6 Å². The molecule has 0 spiro atoms. The van der Waals surface area contributed by atoms with Crippen LogP contribution in [-0.4, -0.2) is 40.3 Å². The Morgan fingerprint density at radius 3 is 2.50 bits per heavy atom. The zero-order chi connectivity index (χ0) is 14.7. The second-order valence-corrected chi connectivity index (χ2v) is 5.45. The minimum absolute atomic E-state index is 0.0618. The van der Waals surface area contributed by atoms with Crippen molar-refractivity contribution < 1.29 is 19.0 Å².